The highest BCUT2D eigenvalue weighted by molar-refractivity contribution is 9.10. The van der Waals surface area contributed by atoms with Gasteiger partial charge in [0.05, 0.1) is 4.90 Å². The standard InChI is InChI=1S/C14H15BrN2O2S/c1-10-3-2-4-11(7-10)9-17-20(18,19)14-6-5-12(16)8-13(14)15/h2-8,17H,9,16H2,1H3. The van der Waals surface area contributed by atoms with Gasteiger partial charge in [-0.05, 0) is 46.6 Å². The normalized spacial score (nSPS) is 11.5. The average molecular weight is 355 g/mol. The Morgan fingerprint density at radius 1 is 1.20 bits per heavy atom. The second kappa shape index (κ2) is 5.95. The number of hydrogen-bond donors (Lipinski definition) is 2. The monoisotopic (exact) mass is 354 g/mol. The molecule has 0 saturated carbocycles. The number of nitrogen functional groups attached to an aromatic ring is 1. The third kappa shape index (κ3) is 3.59. The number of nitrogens with two attached hydrogens (primary N) is 1. The SMILES string of the molecule is Cc1cccc(CNS(=O)(=O)c2ccc(N)cc2Br)c1. The average Bonchev–Trinajstić information content (AvgIpc) is 2.36. The molecule has 0 unspecified atom stereocenters. The van der Waals surface area contributed by atoms with Gasteiger partial charge in [0.15, 0.2) is 0 Å². The Balaban J connectivity index is 2.19. The third-order valence-corrected chi connectivity index (χ3v) is 5.17. The van der Waals surface area contributed by atoms with E-state index in [1.165, 1.54) is 6.07 Å². The van der Waals surface area contributed by atoms with Gasteiger partial charge >= 0.3 is 0 Å². The van der Waals surface area contributed by atoms with Crippen molar-refractivity contribution >= 4 is 31.6 Å². The Bertz CT molecular complexity index is 730. The molecule has 4 nitrogen and oxygen atoms in total. The molecule has 0 radical (unpaired) electrons. The van der Waals surface area contributed by atoms with E-state index in [4.69, 9.17) is 5.73 Å². The van der Waals surface area contributed by atoms with Gasteiger partial charge in [0.1, 0.15) is 0 Å². The molecule has 3 N–H and O–H groups in total. The van der Waals surface area contributed by atoms with Crippen molar-refractivity contribution in [1.82, 2.24) is 4.72 Å². The lowest BCUT2D eigenvalue weighted by molar-refractivity contribution is 0.581. The summed E-state index contributed by atoms with van der Waals surface area (Å²) in [4.78, 5) is 0.180. The minimum atomic E-state index is -3.57. The first-order chi connectivity index (χ1) is 9.38. The zero-order valence-electron chi connectivity index (χ0n) is 10.9. The molecule has 0 atom stereocenters. The van der Waals surface area contributed by atoms with E-state index in [1.807, 2.05) is 31.2 Å². The Hall–Kier alpha value is -1.37. The first-order valence-corrected chi connectivity index (χ1v) is 8.26. The van der Waals surface area contributed by atoms with E-state index >= 15 is 0 Å². The lowest BCUT2D eigenvalue weighted by Gasteiger charge is -2.09. The van der Waals surface area contributed by atoms with Crippen LogP contribution in [0.1, 0.15) is 11.1 Å². The van der Waals surface area contributed by atoms with Crippen LogP contribution in [0.2, 0.25) is 0 Å². The van der Waals surface area contributed by atoms with Crippen LogP contribution in [0.25, 0.3) is 0 Å². The fourth-order valence-corrected chi connectivity index (χ4v) is 3.92. The van der Waals surface area contributed by atoms with Crippen molar-refractivity contribution in [1.29, 1.82) is 0 Å². The van der Waals surface area contributed by atoms with Gasteiger partial charge < -0.3 is 5.73 Å². The van der Waals surface area contributed by atoms with Crippen molar-refractivity contribution < 1.29 is 8.42 Å². The van der Waals surface area contributed by atoms with Gasteiger partial charge in [0.2, 0.25) is 10.0 Å². The first-order valence-electron chi connectivity index (χ1n) is 5.99. The molecular formula is C14H15BrN2O2S. The van der Waals surface area contributed by atoms with Crippen LogP contribution in [0.15, 0.2) is 51.8 Å². The molecule has 0 saturated heterocycles. The van der Waals surface area contributed by atoms with Gasteiger partial charge in [-0.1, -0.05) is 29.8 Å². The molecule has 0 fully saturated rings. The molecule has 0 aromatic heterocycles. The number of sulfonamides is 1. The fourth-order valence-electron chi connectivity index (χ4n) is 1.81. The molecule has 6 heteroatoms. The molecule has 0 aliphatic heterocycles. The van der Waals surface area contributed by atoms with E-state index in [2.05, 4.69) is 20.7 Å². The van der Waals surface area contributed by atoms with E-state index in [9.17, 15) is 8.42 Å². The number of aryl methyl sites for hydroxylation is 1. The van der Waals surface area contributed by atoms with Crippen LogP contribution in [0.5, 0.6) is 0 Å². The summed E-state index contributed by atoms with van der Waals surface area (Å²) >= 11 is 3.22. The molecule has 2 rings (SSSR count). The summed E-state index contributed by atoms with van der Waals surface area (Å²) in [5.41, 5.74) is 8.13. The van der Waals surface area contributed by atoms with Crippen LogP contribution in [0, 0.1) is 6.92 Å². The van der Waals surface area contributed by atoms with E-state index in [-0.39, 0.29) is 11.4 Å². The van der Waals surface area contributed by atoms with E-state index in [0.29, 0.717) is 10.2 Å². The second-order valence-electron chi connectivity index (χ2n) is 4.50. The Morgan fingerprint density at radius 2 is 1.95 bits per heavy atom. The number of halogens is 1. The van der Waals surface area contributed by atoms with E-state index in [1.54, 1.807) is 12.1 Å². The van der Waals surface area contributed by atoms with Gasteiger partial charge in [-0.15, -0.1) is 0 Å². The maximum atomic E-state index is 12.2. The summed E-state index contributed by atoms with van der Waals surface area (Å²) in [6, 6.07) is 12.3. The lowest BCUT2D eigenvalue weighted by atomic mass is 10.1. The maximum absolute atomic E-state index is 12.2. The van der Waals surface area contributed by atoms with Gasteiger partial charge in [-0.3, -0.25) is 0 Å². The summed E-state index contributed by atoms with van der Waals surface area (Å²) in [5, 5.41) is 0. The molecule has 2 aromatic carbocycles. The molecule has 0 aliphatic rings. The Labute approximate surface area is 127 Å². The molecule has 20 heavy (non-hydrogen) atoms. The molecule has 0 aliphatic carbocycles. The molecule has 2 aromatic rings. The van der Waals surface area contributed by atoms with E-state index in [0.717, 1.165) is 11.1 Å². The fraction of sp³-hybridized carbons (Fsp3) is 0.143. The highest BCUT2D eigenvalue weighted by atomic mass is 79.9. The number of rotatable bonds is 4. The van der Waals surface area contributed by atoms with Crippen molar-refractivity contribution in [2.45, 2.75) is 18.4 Å². The van der Waals surface area contributed by atoms with Crippen molar-refractivity contribution in [3.8, 4) is 0 Å². The highest BCUT2D eigenvalue weighted by Crippen LogP contribution is 2.24. The molecular weight excluding hydrogens is 340 g/mol. The Kier molecular flexibility index (Phi) is 4.47. The molecule has 0 amide bonds. The highest BCUT2D eigenvalue weighted by Gasteiger charge is 2.17. The molecule has 106 valence electrons. The first kappa shape index (κ1) is 15.0. The lowest BCUT2D eigenvalue weighted by Crippen LogP contribution is -2.23. The van der Waals surface area contributed by atoms with Crippen LogP contribution in [0.4, 0.5) is 5.69 Å². The minimum absolute atomic E-state index is 0.180. The maximum Gasteiger partial charge on any atom is 0.241 e. The van der Waals surface area contributed by atoms with Crippen molar-refractivity contribution in [2.75, 3.05) is 5.73 Å². The smallest absolute Gasteiger partial charge is 0.241 e. The predicted octanol–water partition coefficient (Wildman–Crippen LogP) is 2.82. The summed E-state index contributed by atoms with van der Waals surface area (Å²) in [7, 11) is -3.57. The number of hydrogen-bond acceptors (Lipinski definition) is 3. The van der Waals surface area contributed by atoms with Crippen LogP contribution >= 0.6 is 15.9 Å². The van der Waals surface area contributed by atoms with Crippen LogP contribution in [-0.4, -0.2) is 8.42 Å². The van der Waals surface area contributed by atoms with Crippen LogP contribution in [0.3, 0.4) is 0 Å². The van der Waals surface area contributed by atoms with Crippen LogP contribution < -0.4 is 10.5 Å². The second-order valence-corrected chi connectivity index (χ2v) is 7.09. The van der Waals surface area contributed by atoms with Crippen LogP contribution in [-0.2, 0) is 16.6 Å². The number of benzene rings is 2. The third-order valence-electron chi connectivity index (χ3n) is 2.79. The minimum Gasteiger partial charge on any atom is -0.399 e. The molecule has 0 spiro atoms. The summed E-state index contributed by atoms with van der Waals surface area (Å²) in [6.07, 6.45) is 0. The zero-order valence-corrected chi connectivity index (χ0v) is 13.3. The van der Waals surface area contributed by atoms with Crippen molar-refractivity contribution in [3.63, 3.8) is 0 Å². The van der Waals surface area contributed by atoms with E-state index < -0.39 is 10.0 Å². The molecule has 0 bridgehead atoms. The predicted molar refractivity (Wildman–Crippen MR) is 83.8 cm³/mol. The largest absolute Gasteiger partial charge is 0.399 e. The number of anilines is 1. The Morgan fingerprint density at radius 3 is 2.60 bits per heavy atom. The summed E-state index contributed by atoms with van der Waals surface area (Å²) in [6.45, 7) is 2.22. The summed E-state index contributed by atoms with van der Waals surface area (Å²) < 4.78 is 27.5. The van der Waals surface area contributed by atoms with Gasteiger partial charge in [0.25, 0.3) is 0 Å². The van der Waals surface area contributed by atoms with Gasteiger partial charge in [-0.25, -0.2) is 13.1 Å². The molecule has 0 heterocycles. The van der Waals surface area contributed by atoms with Crippen molar-refractivity contribution in [3.05, 3.63) is 58.1 Å². The zero-order chi connectivity index (χ0) is 14.8. The summed E-state index contributed by atoms with van der Waals surface area (Å²) in [5.74, 6) is 0. The topological polar surface area (TPSA) is 72.2 Å². The quantitative estimate of drug-likeness (QED) is 0.829. The van der Waals surface area contributed by atoms with Gasteiger partial charge in [0, 0.05) is 16.7 Å². The van der Waals surface area contributed by atoms with Crippen molar-refractivity contribution in [2.24, 2.45) is 0 Å². The number of nitrogens with one attached hydrogen (secondary N) is 1. The van der Waals surface area contributed by atoms with Gasteiger partial charge in [-0.2, -0.15) is 0 Å².